The van der Waals surface area contributed by atoms with Crippen molar-refractivity contribution < 1.29 is 27.4 Å². The fourth-order valence-corrected chi connectivity index (χ4v) is 6.33. The molecule has 182 valence electrons. The van der Waals surface area contributed by atoms with Gasteiger partial charge in [-0.05, 0) is 61.6 Å². The predicted octanol–water partition coefficient (Wildman–Crippen LogP) is 5.29. The molecule has 2 fully saturated rings. The van der Waals surface area contributed by atoms with Crippen LogP contribution in [0.2, 0.25) is 0 Å². The highest BCUT2D eigenvalue weighted by Gasteiger charge is 2.52. The summed E-state index contributed by atoms with van der Waals surface area (Å²) in [5.74, 6) is 0.433. The van der Waals surface area contributed by atoms with Crippen molar-refractivity contribution in [3.05, 3.63) is 58.2 Å². The Morgan fingerprint density at radius 1 is 0.971 bits per heavy atom. The fraction of sp³-hybridized carbons (Fsp3) is 0.615. The third-order valence-electron chi connectivity index (χ3n) is 8.01. The van der Waals surface area contributed by atoms with E-state index >= 15 is 0 Å². The molecule has 3 unspecified atom stereocenters. The molecule has 8 heteroatoms. The lowest BCUT2D eigenvalue weighted by Gasteiger charge is -2.43. The van der Waals surface area contributed by atoms with Crippen molar-refractivity contribution in [2.75, 3.05) is 19.8 Å². The van der Waals surface area contributed by atoms with E-state index in [1.54, 1.807) is 0 Å². The van der Waals surface area contributed by atoms with Gasteiger partial charge in [0.05, 0.1) is 18.3 Å². The molecule has 0 amide bonds. The van der Waals surface area contributed by atoms with E-state index in [0.717, 1.165) is 81.9 Å². The van der Waals surface area contributed by atoms with Crippen LogP contribution in [-0.2, 0) is 38.8 Å². The number of rotatable bonds is 2. The molecule has 0 aromatic carbocycles. The lowest BCUT2D eigenvalue weighted by molar-refractivity contribution is -0.166. The van der Waals surface area contributed by atoms with Gasteiger partial charge in [0.2, 0.25) is 0 Å². The lowest BCUT2D eigenvalue weighted by Crippen LogP contribution is -2.43. The highest BCUT2D eigenvalue weighted by Crippen LogP contribution is 2.55. The molecule has 6 rings (SSSR count). The van der Waals surface area contributed by atoms with Crippen molar-refractivity contribution in [2.24, 2.45) is 5.92 Å². The first-order chi connectivity index (χ1) is 16.4. The maximum atomic E-state index is 13.1. The molecule has 0 saturated carbocycles. The number of aryl methyl sites for hydroxylation is 1. The van der Waals surface area contributed by atoms with Crippen LogP contribution < -0.4 is 0 Å². The summed E-state index contributed by atoms with van der Waals surface area (Å²) in [5.41, 5.74) is 3.88. The largest absolute Gasteiger partial charge is 0.433 e. The van der Waals surface area contributed by atoms with Gasteiger partial charge in [0.25, 0.3) is 0 Å². The molecule has 3 atom stereocenters. The molecule has 34 heavy (non-hydrogen) atoms. The van der Waals surface area contributed by atoms with Crippen LogP contribution in [0.1, 0.15) is 78.3 Å². The van der Waals surface area contributed by atoms with Gasteiger partial charge in [0.1, 0.15) is 11.8 Å². The molecule has 5 nitrogen and oxygen atoms in total. The molecule has 2 aromatic heterocycles. The number of nitrogens with zero attached hydrogens (tertiary/aromatic N) is 2. The number of alkyl halides is 3. The van der Waals surface area contributed by atoms with E-state index in [-0.39, 0.29) is 6.10 Å². The van der Waals surface area contributed by atoms with E-state index in [0.29, 0.717) is 18.1 Å². The molecular weight excluding hydrogens is 445 g/mol. The summed E-state index contributed by atoms with van der Waals surface area (Å²) in [6, 6.07) is 2.54. The van der Waals surface area contributed by atoms with Crippen molar-refractivity contribution in [3.63, 3.8) is 0 Å². The smallest absolute Gasteiger partial charge is 0.381 e. The van der Waals surface area contributed by atoms with Gasteiger partial charge < -0.3 is 14.2 Å². The minimum atomic E-state index is -4.47. The summed E-state index contributed by atoms with van der Waals surface area (Å²) in [4.78, 5) is 8.50. The van der Waals surface area contributed by atoms with E-state index in [1.807, 2.05) is 6.20 Å². The van der Waals surface area contributed by atoms with Crippen LogP contribution >= 0.6 is 0 Å². The zero-order chi connectivity index (χ0) is 23.3. The van der Waals surface area contributed by atoms with Gasteiger partial charge in [-0.25, -0.2) is 0 Å². The highest BCUT2D eigenvalue weighted by atomic mass is 19.4. The van der Waals surface area contributed by atoms with E-state index < -0.39 is 23.6 Å². The summed E-state index contributed by atoms with van der Waals surface area (Å²) in [5, 5.41) is 0. The Hall–Kier alpha value is -2.03. The van der Waals surface area contributed by atoms with Crippen molar-refractivity contribution in [1.29, 1.82) is 0 Å². The summed E-state index contributed by atoms with van der Waals surface area (Å²) in [6.45, 7) is 2.12. The van der Waals surface area contributed by atoms with Gasteiger partial charge in [-0.2, -0.15) is 13.2 Å². The van der Waals surface area contributed by atoms with Crippen molar-refractivity contribution in [1.82, 2.24) is 9.97 Å². The standard InChI is InChI=1S/C26H29F3N2O3/c27-26(28,29)22-6-5-17(14-31-22)24-19-15-30-20-4-2-1-3-18(20)23(19)25(34-24)9-12-33-21(13-25)16-7-10-32-11-8-16/h5-6,14-16,21,24H,1-4,7-13H2. The molecule has 5 heterocycles. The van der Waals surface area contributed by atoms with Gasteiger partial charge in [-0.15, -0.1) is 0 Å². The first-order valence-electron chi connectivity index (χ1n) is 12.4. The molecule has 1 spiro atoms. The Morgan fingerprint density at radius 3 is 2.56 bits per heavy atom. The van der Waals surface area contributed by atoms with Crippen LogP contribution in [0, 0.1) is 5.92 Å². The summed E-state index contributed by atoms with van der Waals surface area (Å²) in [6.07, 6.45) is 5.99. The van der Waals surface area contributed by atoms with Gasteiger partial charge >= 0.3 is 6.18 Å². The SMILES string of the molecule is FC(F)(F)c1ccc(C2OC3(CCOC(C4CCOCC4)C3)c3c2cnc2c3CCCC2)cn1. The minimum absolute atomic E-state index is 0.0855. The zero-order valence-electron chi connectivity index (χ0n) is 19.1. The molecule has 0 bridgehead atoms. The Balaban J connectivity index is 1.40. The third kappa shape index (κ3) is 3.84. The number of hydrogen-bond acceptors (Lipinski definition) is 5. The third-order valence-corrected chi connectivity index (χ3v) is 8.01. The van der Waals surface area contributed by atoms with Crippen LogP contribution in [0.15, 0.2) is 24.5 Å². The molecule has 1 aliphatic carbocycles. The van der Waals surface area contributed by atoms with Crippen LogP contribution in [-0.4, -0.2) is 35.9 Å². The summed E-state index contributed by atoms with van der Waals surface area (Å²) < 4.78 is 58.0. The van der Waals surface area contributed by atoms with Gasteiger partial charge in [0.15, 0.2) is 0 Å². The van der Waals surface area contributed by atoms with Gasteiger partial charge in [0, 0.05) is 55.3 Å². The molecule has 2 saturated heterocycles. The van der Waals surface area contributed by atoms with E-state index in [1.165, 1.54) is 23.4 Å². The molecule has 0 radical (unpaired) electrons. The van der Waals surface area contributed by atoms with Crippen molar-refractivity contribution >= 4 is 0 Å². The number of fused-ring (bicyclic) bond motifs is 4. The van der Waals surface area contributed by atoms with Crippen molar-refractivity contribution in [2.45, 2.75) is 75.4 Å². The number of aromatic nitrogens is 2. The zero-order valence-corrected chi connectivity index (χ0v) is 19.1. The molecular formula is C26H29F3N2O3. The number of pyridine rings is 2. The Kier molecular flexibility index (Phi) is 5.66. The minimum Gasteiger partial charge on any atom is -0.381 e. The average Bonchev–Trinajstić information content (AvgIpc) is 3.18. The van der Waals surface area contributed by atoms with Crippen LogP contribution in [0.3, 0.4) is 0 Å². The van der Waals surface area contributed by atoms with E-state index in [4.69, 9.17) is 19.2 Å². The van der Waals surface area contributed by atoms with Crippen molar-refractivity contribution in [3.8, 4) is 0 Å². The number of ether oxygens (including phenoxy) is 3. The first-order valence-corrected chi connectivity index (χ1v) is 12.4. The molecule has 0 N–H and O–H groups in total. The number of hydrogen-bond donors (Lipinski definition) is 0. The predicted molar refractivity (Wildman–Crippen MR) is 117 cm³/mol. The second kappa shape index (κ2) is 8.57. The summed E-state index contributed by atoms with van der Waals surface area (Å²) in [7, 11) is 0. The topological polar surface area (TPSA) is 53.5 Å². The van der Waals surface area contributed by atoms with Gasteiger partial charge in [-0.3, -0.25) is 9.97 Å². The summed E-state index contributed by atoms with van der Waals surface area (Å²) >= 11 is 0. The van der Waals surface area contributed by atoms with E-state index in [9.17, 15) is 13.2 Å². The van der Waals surface area contributed by atoms with E-state index in [2.05, 4.69) is 4.98 Å². The normalized spacial score (nSPS) is 29.7. The number of halogens is 3. The Bertz CT molecular complexity index is 1050. The van der Waals surface area contributed by atoms with Gasteiger partial charge in [-0.1, -0.05) is 6.07 Å². The maximum absolute atomic E-state index is 13.1. The van der Waals surface area contributed by atoms with Crippen LogP contribution in [0.4, 0.5) is 13.2 Å². The second-order valence-corrected chi connectivity index (χ2v) is 10.0. The second-order valence-electron chi connectivity index (χ2n) is 10.0. The lowest BCUT2D eigenvalue weighted by atomic mass is 9.75. The first kappa shape index (κ1) is 22.4. The highest BCUT2D eigenvalue weighted by molar-refractivity contribution is 5.49. The fourth-order valence-electron chi connectivity index (χ4n) is 6.33. The monoisotopic (exact) mass is 474 g/mol. The Labute approximate surface area is 197 Å². The molecule has 2 aromatic rings. The quantitative estimate of drug-likeness (QED) is 0.592. The average molecular weight is 475 g/mol. The molecule has 3 aliphatic heterocycles. The van der Waals surface area contributed by atoms with Crippen LogP contribution in [0.5, 0.6) is 0 Å². The molecule has 4 aliphatic rings. The van der Waals surface area contributed by atoms with Crippen LogP contribution in [0.25, 0.3) is 0 Å². The Morgan fingerprint density at radius 2 is 1.79 bits per heavy atom. The maximum Gasteiger partial charge on any atom is 0.433 e.